The lowest BCUT2D eigenvalue weighted by Crippen LogP contribution is -2.28. The highest BCUT2D eigenvalue weighted by Gasteiger charge is 2.15. The Kier molecular flexibility index (Phi) is 4.50. The van der Waals surface area contributed by atoms with Crippen molar-refractivity contribution in [3.8, 4) is 0 Å². The Morgan fingerprint density at radius 1 is 1.28 bits per heavy atom. The standard InChI is InChI=1S/C16H28N2/c1-12(2)18-13(3)11-15(14(18)4)9-10-17-16-7-5-6-8-16/h11-12,16-17H,5-10H2,1-4H3. The van der Waals surface area contributed by atoms with E-state index < -0.39 is 0 Å². The maximum atomic E-state index is 3.71. The van der Waals surface area contributed by atoms with Gasteiger partial charge in [-0.05, 0) is 65.1 Å². The van der Waals surface area contributed by atoms with E-state index in [0.717, 1.165) is 12.6 Å². The predicted molar refractivity (Wildman–Crippen MR) is 78.3 cm³/mol. The van der Waals surface area contributed by atoms with E-state index >= 15 is 0 Å². The van der Waals surface area contributed by atoms with Gasteiger partial charge in [0, 0.05) is 23.5 Å². The lowest BCUT2D eigenvalue weighted by Gasteiger charge is -2.14. The van der Waals surface area contributed by atoms with Crippen LogP contribution in [-0.4, -0.2) is 17.2 Å². The number of nitrogens with one attached hydrogen (secondary N) is 1. The van der Waals surface area contributed by atoms with Crippen LogP contribution in [0.1, 0.15) is 62.5 Å². The van der Waals surface area contributed by atoms with Crippen LogP contribution < -0.4 is 5.32 Å². The predicted octanol–water partition coefficient (Wildman–Crippen LogP) is 3.76. The van der Waals surface area contributed by atoms with Crippen LogP contribution in [-0.2, 0) is 6.42 Å². The molecular formula is C16H28N2. The van der Waals surface area contributed by atoms with Gasteiger partial charge in [0.25, 0.3) is 0 Å². The summed E-state index contributed by atoms with van der Waals surface area (Å²) in [5, 5.41) is 3.71. The molecule has 2 nitrogen and oxygen atoms in total. The van der Waals surface area contributed by atoms with Gasteiger partial charge in [-0.1, -0.05) is 12.8 Å². The molecule has 102 valence electrons. The Morgan fingerprint density at radius 2 is 1.94 bits per heavy atom. The first kappa shape index (κ1) is 13.7. The molecule has 0 amide bonds. The van der Waals surface area contributed by atoms with E-state index in [1.807, 2.05) is 0 Å². The second-order valence-corrected chi connectivity index (χ2v) is 6.05. The summed E-state index contributed by atoms with van der Waals surface area (Å²) in [7, 11) is 0. The first-order valence-electron chi connectivity index (χ1n) is 7.50. The minimum atomic E-state index is 0.571. The Balaban J connectivity index is 1.91. The fourth-order valence-corrected chi connectivity index (χ4v) is 3.43. The average Bonchev–Trinajstić information content (AvgIpc) is 2.88. The van der Waals surface area contributed by atoms with E-state index in [1.165, 1.54) is 49.1 Å². The van der Waals surface area contributed by atoms with Crippen LogP contribution in [0.15, 0.2) is 6.07 Å². The van der Waals surface area contributed by atoms with Gasteiger partial charge in [-0.3, -0.25) is 0 Å². The van der Waals surface area contributed by atoms with Gasteiger partial charge in [0.15, 0.2) is 0 Å². The fraction of sp³-hybridized carbons (Fsp3) is 0.750. The molecule has 0 spiro atoms. The lowest BCUT2D eigenvalue weighted by atomic mass is 10.1. The fourth-order valence-electron chi connectivity index (χ4n) is 3.43. The van der Waals surface area contributed by atoms with Crippen molar-refractivity contribution in [2.45, 2.75) is 71.9 Å². The minimum Gasteiger partial charge on any atom is -0.346 e. The van der Waals surface area contributed by atoms with E-state index in [0.29, 0.717) is 6.04 Å². The normalized spacial score (nSPS) is 16.9. The molecule has 1 fully saturated rings. The molecule has 0 atom stereocenters. The number of nitrogens with zero attached hydrogens (tertiary/aromatic N) is 1. The van der Waals surface area contributed by atoms with Crippen molar-refractivity contribution in [3.63, 3.8) is 0 Å². The van der Waals surface area contributed by atoms with Crippen LogP contribution in [0.25, 0.3) is 0 Å². The van der Waals surface area contributed by atoms with Gasteiger partial charge in [0.05, 0.1) is 0 Å². The molecule has 1 aromatic heterocycles. The van der Waals surface area contributed by atoms with Crippen LogP contribution in [0.4, 0.5) is 0 Å². The number of hydrogen-bond acceptors (Lipinski definition) is 1. The maximum Gasteiger partial charge on any atom is 0.0279 e. The van der Waals surface area contributed by atoms with Crippen molar-refractivity contribution < 1.29 is 0 Å². The molecule has 1 N–H and O–H groups in total. The summed E-state index contributed by atoms with van der Waals surface area (Å²) in [6.07, 6.45) is 6.76. The Morgan fingerprint density at radius 3 is 2.50 bits per heavy atom. The van der Waals surface area contributed by atoms with Crippen molar-refractivity contribution >= 4 is 0 Å². The summed E-state index contributed by atoms with van der Waals surface area (Å²) in [6, 6.07) is 3.73. The van der Waals surface area contributed by atoms with Crippen molar-refractivity contribution in [1.82, 2.24) is 9.88 Å². The molecule has 1 aromatic rings. The molecule has 0 aliphatic heterocycles. The van der Waals surface area contributed by atoms with E-state index in [1.54, 1.807) is 0 Å². The SMILES string of the molecule is Cc1cc(CCNC2CCCC2)c(C)n1C(C)C. The zero-order valence-corrected chi connectivity index (χ0v) is 12.4. The third-order valence-corrected chi connectivity index (χ3v) is 4.29. The molecule has 0 saturated heterocycles. The van der Waals surface area contributed by atoms with Crippen LogP contribution >= 0.6 is 0 Å². The number of aryl methyl sites for hydroxylation is 1. The topological polar surface area (TPSA) is 17.0 Å². The summed E-state index contributed by atoms with van der Waals surface area (Å²) in [5.41, 5.74) is 4.38. The average molecular weight is 248 g/mol. The molecule has 1 saturated carbocycles. The summed E-state index contributed by atoms with van der Waals surface area (Å²) >= 11 is 0. The van der Waals surface area contributed by atoms with Gasteiger partial charge in [0.2, 0.25) is 0 Å². The molecule has 2 rings (SSSR count). The summed E-state index contributed by atoms with van der Waals surface area (Å²) in [5.74, 6) is 0. The zero-order chi connectivity index (χ0) is 13.1. The molecule has 0 unspecified atom stereocenters. The second-order valence-electron chi connectivity index (χ2n) is 6.05. The van der Waals surface area contributed by atoms with Crippen molar-refractivity contribution in [3.05, 3.63) is 23.0 Å². The van der Waals surface area contributed by atoms with Crippen molar-refractivity contribution in [2.75, 3.05) is 6.54 Å². The van der Waals surface area contributed by atoms with Crippen molar-refractivity contribution in [1.29, 1.82) is 0 Å². The van der Waals surface area contributed by atoms with Gasteiger partial charge in [-0.25, -0.2) is 0 Å². The molecule has 2 heteroatoms. The third kappa shape index (κ3) is 2.97. The van der Waals surface area contributed by atoms with Gasteiger partial charge in [-0.15, -0.1) is 0 Å². The Hall–Kier alpha value is -0.760. The number of aromatic nitrogens is 1. The highest BCUT2D eigenvalue weighted by atomic mass is 15.0. The Labute approximate surface area is 112 Å². The van der Waals surface area contributed by atoms with Gasteiger partial charge >= 0.3 is 0 Å². The molecule has 18 heavy (non-hydrogen) atoms. The van der Waals surface area contributed by atoms with Gasteiger partial charge in [-0.2, -0.15) is 0 Å². The van der Waals surface area contributed by atoms with Crippen molar-refractivity contribution in [2.24, 2.45) is 0 Å². The molecule has 0 bridgehead atoms. The zero-order valence-electron chi connectivity index (χ0n) is 12.4. The van der Waals surface area contributed by atoms with Crippen LogP contribution in [0.2, 0.25) is 0 Å². The quantitative estimate of drug-likeness (QED) is 0.839. The molecular weight excluding hydrogens is 220 g/mol. The van der Waals surface area contributed by atoms with E-state index in [2.05, 4.69) is 43.6 Å². The summed E-state index contributed by atoms with van der Waals surface area (Å²) < 4.78 is 2.45. The smallest absolute Gasteiger partial charge is 0.0279 e. The second kappa shape index (κ2) is 5.92. The highest BCUT2D eigenvalue weighted by Crippen LogP contribution is 2.21. The minimum absolute atomic E-state index is 0.571. The highest BCUT2D eigenvalue weighted by molar-refractivity contribution is 5.27. The Bertz CT molecular complexity index is 384. The first-order chi connectivity index (χ1) is 8.59. The van der Waals surface area contributed by atoms with Crippen LogP contribution in [0.3, 0.4) is 0 Å². The number of hydrogen-bond donors (Lipinski definition) is 1. The molecule has 0 radical (unpaired) electrons. The third-order valence-electron chi connectivity index (χ3n) is 4.29. The van der Waals surface area contributed by atoms with E-state index in [-0.39, 0.29) is 0 Å². The van der Waals surface area contributed by atoms with Crippen LogP contribution in [0.5, 0.6) is 0 Å². The molecule has 1 heterocycles. The molecule has 0 aromatic carbocycles. The van der Waals surface area contributed by atoms with Crippen LogP contribution in [0, 0.1) is 13.8 Å². The van der Waals surface area contributed by atoms with E-state index in [4.69, 9.17) is 0 Å². The lowest BCUT2D eigenvalue weighted by molar-refractivity contribution is 0.526. The molecule has 1 aliphatic carbocycles. The number of rotatable bonds is 5. The summed E-state index contributed by atoms with van der Waals surface area (Å²) in [6.45, 7) is 10.1. The van der Waals surface area contributed by atoms with Gasteiger partial charge < -0.3 is 9.88 Å². The first-order valence-corrected chi connectivity index (χ1v) is 7.50. The summed E-state index contributed by atoms with van der Waals surface area (Å²) in [4.78, 5) is 0. The molecule has 1 aliphatic rings. The van der Waals surface area contributed by atoms with E-state index in [9.17, 15) is 0 Å². The largest absolute Gasteiger partial charge is 0.346 e. The monoisotopic (exact) mass is 248 g/mol. The maximum absolute atomic E-state index is 3.71. The van der Waals surface area contributed by atoms with Gasteiger partial charge in [0.1, 0.15) is 0 Å².